The molecule has 1 aliphatic heterocycles. The zero-order valence-corrected chi connectivity index (χ0v) is 19.4. The highest BCUT2D eigenvalue weighted by Crippen LogP contribution is 2.33. The molecule has 0 radical (unpaired) electrons. The van der Waals surface area contributed by atoms with Crippen molar-refractivity contribution in [3.8, 4) is 11.3 Å². The van der Waals surface area contributed by atoms with Crippen LogP contribution in [0.5, 0.6) is 0 Å². The SMILES string of the molecule is CCc1ccc(-c2csc(N3CCC(S(=O)(=O)c4ccccc4Br)CC3)n2)cc1. The summed E-state index contributed by atoms with van der Waals surface area (Å²) < 4.78 is 26.7. The number of rotatable bonds is 5. The number of aromatic nitrogens is 1. The van der Waals surface area contributed by atoms with E-state index in [9.17, 15) is 8.42 Å². The number of piperidine rings is 1. The fourth-order valence-corrected chi connectivity index (χ4v) is 7.31. The topological polar surface area (TPSA) is 50.3 Å². The van der Waals surface area contributed by atoms with Crippen LogP contribution in [0.3, 0.4) is 0 Å². The molecule has 1 saturated heterocycles. The molecule has 4 nitrogen and oxygen atoms in total. The third-order valence-electron chi connectivity index (χ3n) is 5.44. The summed E-state index contributed by atoms with van der Waals surface area (Å²) >= 11 is 5.01. The van der Waals surface area contributed by atoms with Crippen LogP contribution in [-0.4, -0.2) is 31.7 Å². The first-order chi connectivity index (χ1) is 14.0. The maximum absolute atomic E-state index is 13.0. The van der Waals surface area contributed by atoms with Crippen molar-refractivity contribution in [1.82, 2.24) is 4.98 Å². The number of anilines is 1. The molecule has 7 heteroatoms. The van der Waals surface area contributed by atoms with Crippen LogP contribution in [0.2, 0.25) is 0 Å². The fourth-order valence-electron chi connectivity index (χ4n) is 3.67. The van der Waals surface area contributed by atoms with Crippen LogP contribution in [-0.2, 0) is 16.3 Å². The molecule has 0 atom stereocenters. The van der Waals surface area contributed by atoms with Crippen molar-refractivity contribution in [2.24, 2.45) is 0 Å². The Bertz CT molecular complexity index is 1090. The quantitative estimate of drug-likeness (QED) is 0.468. The fraction of sp³-hybridized carbons (Fsp3) is 0.318. The molecule has 152 valence electrons. The van der Waals surface area contributed by atoms with E-state index in [-0.39, 0.29) is 5.25 Å². The van der Waals surface area contributed by atoms with Crippen LogP contribution in [0.25, 0.3) is 11.3 Å². The predicted octanol–water partition coefficient (Wildman–Crippen LogP) is 5.58. The minimum Gasteiger partial charge on any atom is -0.348 e. The summed E-state index contributed by atoms with van der Waals surface area (Å²) in [6, 6.07) is 15.6. The minimum absolute atomic E-state index is 0.349. The lowest BCUT2D eigenvalue weighted by molar-refractivity contribution is 0.529. The van der Waals surface area contributed by atoms with E-state index in [2.05, 4.69) is 57.4 Å². The summed E-state index contributed by atoms with van der Waals surface area (Å²) in [7, 11) is -3.33. The number of nitrogens with zero attached hydrogens (tertiary/aromatic N) is 2. The van der Waals surface area contributed by atoms with E-state index in [1.807, 2.05) is 6.07 Å². The van der Waals surface area contributed by atoms with Crippen LogP contribution >= 0.6 is 27.3 Å². The minimum atomic E-state index is -3.33. The van der Waals surface area contributed by atoms with E-state index in [0.717, 1.165) is 22.8 Å². The molecule has 0 saturated carbocycles. The van der Waals surface area contributed by atoms with Gasteiger partial charge >= 0.3 is 0 Å². The monoisotopic (exact) mass is 490 g/mol. The Labute approximate surface area is 184 Å². The van der Waals surface area contributed by atoms with E-state index in [0.29, 0.717) is 35.3 Å². The van der Waals surface area contributed by atoms with Gasteiger partial charge in [-0.25, -0.2) is 13.4 Å². The Morgan fingerprint density at radius 2 is 1.79 bits per heavy atom. The van der Waals surface area contributed by atoms with E-state index in [1.54, 1.807) is 29.5 Å². The largest absolute Gasteiger partial charge is 0.348 e. The third-order valence-corrected chi connectivity index (χ3v) is 9.62. The molecule has 1 aliphatic rings. The number of hydrogen-bond donors (Lipinski definition) is 0. The van der Waals surface area contributed by atoms with Crippen molar-refractivity contribution in [3.05, 3.63) is 63.9 Å². The van der Waals surface area contributed by atoms with Crippen molar-refractivity contribution in [3.63, 3.8) is 0 Å². The molecule has 0 N–H and O–H groups in total. The average Bonchev–Trinajstić information content (AvgIpc) is 3.24. The van der Waals surface area contributed by atoms with Crippen molar-refractivity contribution in [2.45, 2.75) is 36.3 Å². The molecule has 1 aromatic heterocycles. The predicted molar refractivity (Wildman–Crippen MR) is 123 cm³/mol. The molecule has 0 bridgehead atoms. The highest BCUT2D eigenvalue weighted by atomic mass is 79.9. The summed E-state index contributed by atoms with van der Waals surface area (Å²) in [6.45, 7) is 3.56. The number of benzene rings is 2. The third kappa shape index (κ3) is 4.27. The van der Waals surface area contributed by atoms with Crippen molar-refractivity contribution in [2.75, 3.05) is 18.0 Å². The first-order valence-electron chi connectivity index (χ1n) is 9.77. The van der Waals surface area contributed by atoms with Gasteiger partial charge in [-0.3, -0.25) is 0 Å². The number of thiazole rings is 1. The second-order valence-corrected chi connectivity index (χ2v) is 11.1. The highest BCUT2D eigenvalue weighted by molar-refractivity contribution is 9.10. The number of hydrogen-bond acceptors (Lipinski definition) is 5. The molecule has 0 amide bonds. The van der Waals surface area contributed by atoms with Gasteiger partial charge in [-0.05, 0) is 52.9 Å². The van der Waals surface area contributed by atoms with Gasteiger partial charge in [-0.15, -0.1) is 11.3 Å². The first-order valence-corrected chi connectivity index (χ1v) is 13.0. The summed E-state index contributed by atoms with van der Waals surface area (Å²) in [6.07, 6.45) is 2.26. The van der Waals surface area contributed by atoms with E-state index in [1.165, 1.54) is 5.56 Å². The molecule has 0 spiro atoms. The van der Waals surface area contributed by atoms with E-state index >= 15 is 0 Å². The smallest absolute Gasteiger partial charge is 0.185 e. The molecular formula is C22H23BrN2O2S2. The lowest BCUT2D eigenvalue weighted by Gasteiger charge is -2.31. The van der Waals surface area contributed by atoms with Gasteiger partial charge < -0.3 is 4.90 Å². The Kier molecular flexibility index (Phi) is 6.08. The number of aryl methyl sites for hydroxylation is 1. The molecule has 29 heavy (non-hydrogen) atoms. The van der Waals surface area contributed by atoms with Gasteiger partial charge in [0.1, 0.15) is 0 Å². The Balaban J connectivity index is 1.45. The van der Waals surface area contributed by atoms with Crippen LogP contribution in [0.15, 0.2) is 63.3 Å². The second-order valence-electron chi connectivity index (χ2n) is 7.23. The van der Waals surface area contributed by atoms with Crippen LogP contribution in [0.4, 0.5) is 5.13 Å². The van der Waals surface area contributed by atoms with Gasteiger partial charge in [-0.2, -0.15) is 0 Å². The Hall–Kier alpha value is -1.70. The summed E-state index contributed by atoms with van der Waals surface area (Å²) in [5.41, 5.74) is 3.42. The molecule has 3 aromatic rings. The van der Waals surface area contributed by atoms with Crippen LogP contribution < -0.4 is 4.90 Å². The maximum Gasteiger partial charge on any atom is 0.185 e. The maximum atomic E-state index is 13.0. The van der Waals surface area contributed by atoms with Gasteiger partial charge in [0.2, 0.25) is 0 Å². The summed E-state index contributed by atoms with van der Waals surface area (Å²) in [5.74, 6) is 0. The molecule has 2 heterocycles. The van der Waals surface area contributed by atoms with Crippen molar-refractivity contribution >= 4 is 42.2 Å². The summed E-state index contributed by atoms with van der Waals surface area (Å²) in [4.78, 5) is 7.41. The number of halogens is 1. The number of sulfone groups is 1. The van der Waals surface area contributed by atoms with Gasteiger partial charge in [0.15, 0.2) is 15.0 Å². The Morgan fingerprint density at radius 1 is 1.10 bits per heavy atom. The Morgan fingerprint density at radius 3 is 2.45 bits per heavy atom. The van der Waals surface area contributed by atoms with E-state index in [4.69, 9.17) is 4.98 Å². The normalized spacial score (nSPS) is 15.6. The van der Waals surface area contributed by atoms with Crippen molar-refractivity contribution < 1.29 is 8.42 Å². The summed E-state index contributed by atoms with van der Waals surface area (Å²) in [5, 5.41) is 2.70. The standard InChI is InChI=1S/C22H23BrN2O2S2/c1-2-16-7-9-17(10-8-16)20-15-28-22(24-20)25-13-11-18(12-14-25)29(26,27)21-6-4-3-5-19(21)23/h3-10,15,18H,2,11-14H2,1H3. The zero-order chi connectivity index (χ0) is 20.4. The van der Waals surface area contributed by atoms with Gasteiger partial charge in [0.25, 0.3) is 0 Å². The molecule has 2 aromatic carbocycles. The lowest BCUT2D eigenvalue weighted by Crippen LogP contribution is -2.39. The average molecular weight is 491 g/mol. The second kappa shape index (κ2) is 8.58. The highest BCUT2D eigenvalue weighted by Gasteiger charge is 2.33. The molecule has 4 rings (SSSR count). The molecular weight excluding hydrogens is 468 g/mol. The lowest BCUT2D eigenvalue weighted by atomic mass is 10.1. The van der Waals surface area contributed by atoms with Gasteiger partial charge in [0, 0.05) is 28.5 Å². The van der Waals surface area contributed by atoms with Crippen LogP contribution in [0, 0.1) is 0 Å². The van der Waals surface area contributed by atoms with Gasteiger partial charge in [0.05, 0.1) is 15.8 Å². The molecule has 0 unspecified atom stereocenters. The van der Waals surface area contributed by atoms with Crippen LogP contribution in [0.1, 0.15) is 25.3 Å². The van der Waals surface area contributed by atoms with Gasteiger partial charge in [-0.1, -0.05) is 43.3 Å². The zero-order valence-electron chi connectivity index (χ0n) is 16.2. The molecule has 1 fully saturated rings. The first kappa shape index (κ1) is 20.6. The van der Waals surface area contributed by atoms with E-state index < -0.39 is 9.84 Å². The molecule has 0 aliphatic carbocycles. The van der Waals surface area contributed by atoms with Crippen molar-refractivity contribution in [1.29, 1.82) is 0 Å².